The number of pyridine rings is 1. The Kier molecular flexibility index (Phi) is 11.4. The van der Waals surface area contributed by atoms with Gasteiger partial charge in [0.1, 0.15) is 5.82 Å². The van der Waals surface area contributed by atoms with Crippen molar-refractivity contribution in [2.45, 2.75) is 25.7 Å². The van der Waals surface area contributed by atoms with E-state index >= 15 is 0 Å². The highest BCUT2D eigenvalue weighted by Gasteiger charge is 2.05. The predicted molar refractivity (Wildman–Crippen MR) is 122 cm³/mol. The van der Waals surface area contributed by atoms with Crippen molar-refractivity contribution in [3.63, 3.8) is 0 Å². The lowest BCUT2D eigenvalue weighted by Crippen LogP contribution is -2.39. The fourth-order valence-electron chi connectivity index (χ4n) is 2.51. The van der Waals surface area contributed by atoms with Gasteiger partial charge in [0.05, 0.1) is 0 Å². The lowest BCUT2D eigenvalue weighted by molar-refractivity contribution is 0.679. The topological polar surface area (TPSA) is 61.3 Å². The first-order valence-electron chi connectivity index (χ1n) is 8.94. The molecule has 0 amide bonds. The predicted octanol–water partition coefficient (Wildman–Crippen LogP) is 3.86. The van der Waals surface area contributed by atoms with E-state index in [-0.39, 0.29) is 24.0 Å². The summed E-state index contributed by atoms with van der Waals surface area (Å²) in [5.74, 6) is 2.24. The van der Waals surface area contributed by atoms with Crippen LogP contribution in [0.1, 0.15) is 31.2 Å². The molecule has 0 aliphatic rings. The Labute approximate surface area is 174 Å². The maximum Gasteiger partial charge on any atom is 0.190 e. The van der Waals surface area contributed by atoms with E-state index < -0.39 is 0 Å². The van der Waals surface area contributed by atoms with E-state index in [1.807, 2.05) is 31.3 Å². The molecule has 0 saturated carbocycles. The highest BCUT2D eigenvalue weighted by molar-refractivity contribution is 14.0. The lowest BCUT2D eigenvalue weighted by Gasteiger charge is -2.16. The highest BCUT2D eigenvalue weighted by Crippen LogP contribution is 2.12. The van der Waals surface area contributed by atoms with E-state index in [4.69, 9.17) is 0 Å². The van der Waals surface area contributed by atoms with Gasteiger partial charge < -0.3 is 16.0 Å². The van der Waals surface area contributed by atoms with Crippen molar-refractivity contribution < 1.29 is 0 Å². The third-order valence-corrected chi connectivity index (χ3v) is 4.03. The van der Waals surface area contributed by atoms with Gasteiger partial charge in [-0.3, -0.25) is 4.99 Å². The molecule has 26 heavy (non-hydrogen) atoms. The standard InChI is InChI=1S/C20H29N5.HI/c1-17(18-10-4-3-5-11-18)16-25-20(21-2)24-15-9-8-14-23-19-12-6-7-13-22-19;/h3-7,10-13,17H,8-9,14-16H2,1-2H3,(H,22,23)(H2,21,24,25);1H. The van der Waals surface area contributed by atoms with Crippen LogP contribution in [0, 0.1) is 0 Å². The number of aliphatic imine (C=N–C) groups is 1. The zero-order valence-corrected chi connectivity index (χ0v) is 17.9. The van der Waals surface area contributed by atoms with E-state index in [1.165, 1.54) is 5.56 Å². The summed E-state index contributed by atoms with van der Waals surface area (Å²) in [5.41, 5.74) is 1.34. The van der Waals surface area contributed by atoms with E-state index in [1.54, 1.807) is 6.20 Å². The third-order valence-electron chi connectivity index (χ3n) is 4.03. The Balaban J connectivity index is 0.00000338. The SMILES string of the molecule is CN=C(NCCCCNc1ccccn1)NCC(C)c1ccccc1.I. The molecule has 1 aromatic heterocycles. The van der Waals surface area contributed by atoms with E-state index in [2.05, 4.69) is 57.1 Å². The molecule has 0 aliphatic heterocycles. The molecule has 5 nitrogen and oxygen atoms in total. The molecular formula is C20H30IN5. The fourth-order valence-corrected chi connectivity index (χ4v) is 2.51. The molecule has 1 heterocycles. The van der Waals surface area contributed by atoms with Crippen LogP contribution in [0.15, 0.2) is 59.7 Å². The van der Waals surface area contributed by atoms with Crippen molar-refractivity contribution in [3.05, 3.63) is 60.3 Å². The molecule has 0 aliphatic carbocycles. The summed E-state index contributed by atoms with van der Waals surface area (Å²) in [6, 6.07) is 16.4. The normalized spacial score (nSPS) is 12.0. The van der Waals surface area contributed by atoms with Gasteiger partial charge in [0.15, 0.2) is 5.96 Å². The second-order valence-electron chi connectivity index (χ2n) is 6.04. The molecule has 1 unspecified atom stereocenters. The summed E-state index contributed by atoms with van der Waals surface area (Å²) in [6.45, 7) is 4.92. The Hall–Kier alpha value is -1.83. The van der Waals surface area contributed by atoms with Crippen LogP contribution in [-0.2, 0) is 0 Å². The Morgan fingerprint density at radius 3 is 2.42 bits per heavy atom. The number of nitrogens with zero attached hydrogens (tertiary/aromatic N) is 2. The van der Waals surface area contributed by atoms with Crippen LogP contribution >= 0.6 is 24.0 Å². The van der Waals surface area contributed by atoms with Crippen LogP contribution in [0.5, 0.6) is 0 Å². The molecule has 6 heteroatoms. The van der Waals surface area contributed by atoms with Crippen molar-refractivity contribution in [1.82, 2.24) is 15.6 Å². The summed E-state index contributed by atoms with van der Waals surface area (Å²) in [6.07, 6.45) is 3.96. The quantitative estimate of drug-likeness (QED) is 0.227. The molecule has 0 fully saturated rings. The van der Waals surface area contributed by atoms with Crippen molar-refractivity contribution in [2.75, 3.05) is 32.0 Å². The first kappa shape index (κ1) is 22.2. The number of nitrogens with one attached hydrogen (secondary N) is 3. The number of anilines is 1. The van der Waals surface area contributed by atoms with E-state index in [0.29, 0.717) is 5.92 Å². The average molecular weight is 467 g/mol. The van der Waals surface area contributed by atoms with Crippen molar-refractivity contribution in [1.29, 1.82) is 0 Å². The Morgan fingerprint density at radius 2 is 1.73 bits per heavy atom. The maximum atomic E-state index is 4.29. The molecule has 142 valence electrons. The van der Waals surface area contributed by atoms with Crippen LogP contribution in [0.2, 0.25) is 0 Å². The fraction of sp³-hybridized carbons (Fsp3) is 0.400. The van der Waals surface area contributed by atoms with Crippen molar-refractivity contribution >= 4 is 35.8 Å². The lowest BCUT2D eigenvalue weighted by atomic mass is 10.0. The molecule has 2 rings (SSSR count). The summed E-state index contributed by atoms with van der Waals surface area (Å²) in [5, 5.41) is 10.1. The summed E-state index contributed by atoms with van der Waals surface area (Å²) < 4.78 is 0. The minimum Gasteiger partial charge on any atom is -0.370 e. The average Bonchev–Trinajstić information content (AvgIpc) is 2.68. The van der Waals surface area contributed by atoms with E-state index in [0.717, 1.165) is 44.3 Å². The number of halogens is 1. The van der Waals surface area contributed by atoms with Crippen molar-refractivity contribution in [3.8, 4) is 0 Å². The molecule has 2 aromatic rings. The second kappa shape index (κ2) is 13.4. The Morgan fingerprint density at radius 1 is 1.00 bits per heavy atom. The second-order valence-corrected chi connectivity index (χ2v) is 6.04. The van der Waals surface area contributed by atoms with E-state index in [9.17, 15) is 0 Å². The van der Waals surface area contributed by atoms with Crippen LogP contribution in [0.25, 0.3) is 0 Å². The zero-order chi connectivity index (χ0) is 17.7. The molecule has 0 spiro atoms. The summed E-state index contributed by atoms with van der Waals surface area (Å²) >= 11 is 0. The van der Waals surface area contributed by atoms with Crippen molar-refractivity contribution in [2.24, 2.45) is 4.99 Å². The first-order valence-corrected chi connectivity index (χ1v) is 8.94. The minimum absolute atomic E-state index is 0. The number of aromatic nitrogens is 1. The third kappa shape index (κ3) is 8.51. The number of rotatable bonds is 9. The van der Waals surface area contributed by atoms with Crippen LogP contribution in [-0.4, -0.2) is 37.6 Å². The molecular weight excluding hydrogens is 437 g/mol. The number of unbranched alkanes of at least 4 members (excludes halogenated alkanes) is 1. The molecule has 1 aromatic carbocycles. The number of hydrogen-bond donors (Lipinski definition) is 3. The molecule has 0 bridgehead atoms. The molecule has 1 atom stereocenters. The smallest absolute Gasteiger partial charge is 0.190 e. The first-order chi connectivity index (χ1) is 12.3. The number of benzene rings is 1. The monoisotopic (exact) mass is 467 g/mol. The highest BCUT2D eigenvalue weighted by atomic mass is 127. The van der Waals surface area contributed by atoms with Gasteiger partial charge in [0.2, 0.25) is 0 Å². The van der Waals surface area contributed by atoms with Gasteiger partial charge in [-0.2, -0.15) is 0 Å². The largest absolute Gasteiger partial charge is 0.370 e. The van der Waals surface area contributed by atoms with Gasteiger partial charge in [0.25, 0.3) is 0 Å². The molecule has 3 N–H and O–H groups in total. The molecule has 0 saturated heterocycles. The van der Waals surface area contributed by atoms with Gasteiger partial charge in [-0.15, -0.1) is 24.0 Å². The van der Waals surface area contributed by atoms with Gasteiger partial charge in [-0.05, 0) is 36.5 Å². The summed E-state index contributed by atoms with van der Waals surface area (Å²) in [4.78, 5) is 8.54. The van der Waals surface area contributed by atoms with Gasteiger partial charge >= 0.3 is 0 Å². The maximum absolute atomic E-state index is 4.29. The van der Waals surface area contributed by atoms with Crippen LogP contribution in [0.4, 0.5) is 5.82 Å². The van der Waals surface area contributed by atoms with Crippen LogP contribution < -0.4 is 16.0 Å². The zero-order valence-electron chi connectivity index (χ0n) is 15.6. The van der Waals surface area contributed by atoms with Gasteiger partial charge in [0, 0.05) is 32.9 Å². The van der Waals surface area contributed by atoms with Gasteiger partial charge in [-0.1, -0.05) is 43.3 Å². The Bertz CT molecular complexity index is 619. The number of hydrogen-bond acceptors (Lipinski definition) is 3. The number of guanidine groups is 1. The van der Waals surface area contributed by atoms with Gasteiger partial charge in [-0.25, -0.2) is 4.98 Å². The van der Waals surface area contributed by atoms with Crippen LogP contribution in [0.3, 0.4) is 0 Å². The minimum atomic E-state index is 0. The molecule has 0 radical (unpaired) electrons. The summed E-state index contributed by atoms with van der Waals surface area (Å²) in [7, 11) is 1.81.